The number of aromatic nitrogens is 1. The summed E-state index contributed by atoms with van der Waals surface area (Å²) >= 11 is 0. The molecule has 0 bridgehead atoms. The van der Waals surface area contributed by atoms with E-state index >= 15 is 0 Å². The summed E-state index contributed by atoms with van der Waals surface area (Å²) in [6.07, 6.45) is 7.19. The first-order valence-corrected chi connectivity index (χ1v) is 6.15. The first-order chi connectivity index (χ1) is 7.79. The maximum absolute atomic E-state index is 6.13. The number of pyridine rings is 1. The van der Waals surface area contributed by atoms with E-state index in [2.05, 4.69) is 35.7 Å². The van der Waals surface area contributed by atoms with E-state index < -0.39 is 0 Å². The topological polar surface area (TPSA) is 30.4 Å². The van der Waals surface area contributed by atoms with Gasteiger partial charge in [0, 0.05) is 23.4 Å². The van der Waals surface area contributed by atoms with Crippen molar-refractivity contribution >= 4 is 5.52 Å². The summed E-state index contributed by atoms with van der Waals surface area (Å²) in [6, 6.07) is 6.55. The zero-order valence-electron chi connectivity index (χ0n) is 9.74. The summed E-state index contributed by atoms with van der Waals surface area (Å²) < 4.78 is 2.29. The highest BCUT2D eigenvalue weighted by molar-refractivity contribution is 5.63. The van der Waals surface area contributed by atoms with E-state index in [4.69, 9.17) is 5.73 Å². The van der Waals surface area contributed by atoms with Crippen LogP contribution in [0.4, 0.5) is 0 Å². The standard InChI is InChI=1S/C14H18N2/c1-10(15)14-12-7-3-2-6-11(12)13-8-4-5-9-16(13)14/h4-5,8-10H,2-3,6-7,15H2,1H3. The Hall–Kier alpha value is -1.28. The van der Waals surface area contributed by atoms with Gasteiger partial charge in [-0.25, -0.2) is 0 Å². The van der Waals surface area contributed by atoms with Crippen molar-refractivity contribution in [3.05, 3.63) is 41.2 Å². The van der Waals surface area contributed by atoms with Crippen molar-refractivity contribution in [2.45, 2.75) is 38.6 Å². The number of nitrogens with zero attached hydrogens (tertiary/aromatic N) is 1. The lowest BCUT2D eigenvalue weighted by Gasteiger charge is -2.14. The first kappa shape index (κ1) is 9.91. The second-order valence-electron chi connectivity index (χ2n) is 4.79. The molecular formula is C14H18N2. The van der Waals surface area contributed by atoms with E-state index in [-0.39, 0.29) is 6.04 Å². The van der Waals surface area contributed by atoms with Crippen molar-refractivity contribution < 1.29 is 0 Å². The summed E-state index contributed by atoms with van der Waals surface area (Å²) in [7, 11) is 0. The molecular weight excluding hydrogens is 196 g/mol. The minimum Gasteiger partial charge on any atom is -0.323 e. The highest BCUT2D eigenvalue weighted by Crippen LogP contribution is 2.32. The van der Waals surface area contributed by atoms with E-state index in [0.29, 0.717) is 0 Å². The van der Waals surface area contributed by atoms with Crippen molar-refractivity contribution in [2.75, 3.05) is 0 Å². The molecule has 1 aliphatic carbocycles. The largest absolute Gasteiger partial charge is 0.323 e. The van der Waals surface area contributed by atoms with Crippen LogP contribution >= 0.6 is 0 Å². The fraction of sp³-hybridized carbons (Fsp3) is 0.429. The molecule has 1 aliphatic rings. The lowest BCUT2D eigenvalue weighted by Crippen LogP contribution is -2.11. The molecule has 0 spiro atoms. The SMILES string of the molecule is CC(N)c1c2c(c3ccccn13)CCCC2. The molecule has 84 valence electrons. The molecule has 1 unspecified atom stereocenters. The zero-order chi connectivity index (χ0) is 11.1. The summed E-state index contributed by atoms with van der Waals surface area (Å²) in [5.41, 5.74) is 11.9. The number of rotatable bonds is 1. The van der Waals surface area contributed by atoms with E-state index in [1.54, 1.807) is 5.56 Å². The van der Waals surface area contributed by atoms with Crippen molar-refractivity contribution in [3.8, 4) is 0 Å². The number of hydrogen-bond donors (Lipinski definition) is 1. The van der Waals surface area contributed by atoms with Gasteiger partial charge in [-0.2, -0.15) is 0 Å². The predicted molar refractivity (Wildman–Crippen MR) is 66.6 cm³/mol. The molecule has 0 saturated carbocycles. The highest BCUT2D eigenvalue weighted by atomic mass is 14.9. The third-order valence-corrected chi connectivity index (χ3v) is 3.64. The first-order valence-electron chi connectivity index (χ1n) is 6.15. The van der Waals surface area contributed by atoms with Gasteiger partial charge < -0.3 is 10.1 Å². The van der Waals surface area contributed by atoms with Crippen LogP contribution in [0.25, 0.3) is 5.52 Å². The molecule has 2 aromatic heterocycles. The van der Waals surface area contributed by atoms with Crippen LogP contribution in [0.15, 0.2) is 24.4 Å². The van der Waals surface area contributed by atoms with E-state index in [1.165, 1.54) is 42.5 Å². The zero-order valence-corrected chi connectivity index (χ0v) is 9.74. The average molecular weight is 214 g/mol. The van der Waals surface area contributed by atoms with Crippen molar-refractivity contribution in [2.24, 2.45) is 5.73 Å². The Bertz CT molecular complexity index is 523. The summed E-state index contributed by atoms with van der Waals surface area (Å²) in [6.45, 7) is 2.09. The van der Waals surface area contributed by atoms with Gasteiger partial charge >= 0.3 is 0 Å². The van der Waals surface area contributed by atoms with Gasteiger partial charge in [0.2, 0.25) is 0 Å². The van der Waals surface area contributed by atoms with Gasteiger partial charge in [-0.3, -0.25) is 0 Å². The highest BCUT2D eigenvalue weighted by Gasteiger charge is 2.21. The minimum absolute atomic E-state index is 0.122. The monoisotopic (exact) mass is 214 g/mol. The molecule has 0 aromatic carbocycles. The van der Waals surface area contributed by atoms with Crippen LogP contribution < -0.4 is 5.73 Å². The Morgan fingerprint density at radius 3 is 2.69 bits per heavy atom. The Morgan fingerprint density at radius 2 is 1.94 bits per heavy atom. The maximum atomic E-state index is 6.13. The average Bonchev–Trinajstić information content (AvgIpc) is 2.63. The van der Waals surface area contributed by atoms with E-state index in [1.807, 2.05) is 0 Å². The van der Waals surface area contributed by atoms with Gasteiger partial charge in [-0.1, -0.05) is 6.07 Å². The molecule has 2 N–H and O–H groups in total. The van der Waals surface area contributed by atoms with Crippen LogP contribution in [-0.2, 0) is 12.8 Å². The molecule has 0 fully saturated rings. The van der Waals surface area contributed by atoms with Crippen molar-refractivity contribution in [1.29, 1.82) is 0 Å². The van der Waals surface area contributed by atoms with Crippen LogP contribution in [0, 0.1) is 0 Å². The van der Waals surface area contributed by atoms with Crippen LogP contribution in [-0.4, -0.2) is 4.40 Å². The molecule has 0 amide bonds. The predicted octanol–water partition coefficient (Wildman–Crippen LogP) is 2.84. The Balaban J connectivity index is 2.37. The summed E-state index contributed by atoms with van der Waals surface area (Å²) in [4.78, 5) is 0. The molecule has 2 heterocycles. The lowest BCUT2D eigenvalue weighted by molar-refractivity contribution is 0.671. The third-order valence-electron chi connectivity index (χ3n) is 3.64. The number of fused-ring (bicyclic) bond motifs is 3. The number of nitrogens with two attached hydrogens (primary N) is 1. The molecule has 0 saturated heterocycles. The van der Waals surface area contributed by atoms with Crippen LogP contribution in [0.3, 0.4) is 0 Å². The third kappa shape index (κ3) is 1.30. The van der Waals surface area contributed by atoms with Crippen LogP contribution in [0.5, 0.6) is 0 Å². The Morgan fingerprint density at radius 1 is 1.19 bits per heavy atom. The van der Waals surface area contributed by atoms with Crippen molar-refractivity contribution in [3.63, 3.8) is 0 Å². The molecule has 2 nitrogen and oxygen atoms in total. The smallest absolute Gasteiger partial charge is 0.0488 e. The summed E-state index contributed by atoms with van der Waals surface area (Å²) in [5, 5.41) is 0. The van der Waals surface area contributed by atoms with Crippen LogP contribution in [0.1, 0.15) is 42.6 Å². The molecule has 16 heavy (non-hydrogen) atoms. The van der Waals surface area contributed by atoms with Gasteiger partial charge in [-0.15, -0.1) is 0 Å². The number of hydrogen-bond acceptors (Lipinski definition) is 1. The van der Waals surface area contributed by atoms with Gasteiger partial charge in [0.15, 0.2) is 0 Å². The van der Waals surface area contributed by atoms with Crippen LogP contribution in [0.2, 0.25) is 0 Å². The number of aryl methyl sites for hydroxylation is 1. The van der Waals surface area contributed by atoms with Gasteiger partial charge in [0.1, 0.15) is 0 Å². The molecule has 2 aromatic rings. The minimum atomic E-state index is 0.122. The maximum Gasteiger partial charge on any atom is 0.0488 e. The molecule has 0 radical (unpaired) electrons. The lowest BCUT2D eigenvalue weighted by atomic mass is 9.91. The molecule has 0 aliphatic heterocycles. The Kier molecular flexibility index (Phi) is 2.25. The van der Waals surface area contributed by atoms with Gasteiger partial charge in [0.25, 0.3) is 0 Å². The van der Waals surface area contributed by atoms with E-state index in [0.717, 1.165) is 0 Å². The quantitative estimate of drug-likeness (QED) is 0.777. The molecule has 1 atom stereocenters. The fourth-order valence-electron chi connectivity index (χ4n) is 3.01. The molecule has 2 heteroatoms. The normalized spacial score (nSPS) is 17.4. The van der Waals surface area contributed by atoms with Crippen molar-refractivity contribution in [1.82, 2.24) is 4.40 Å². The van der Waals surface area contributed by atoms with Gasteiger partial charge in [-0.05, 0) is 55.9 Å². The fourth-order valence-corrected chi connectivity index (χ4v) is 3.01. The summed E-state index contributed by atoms with van der Waals surface area (Å²) in [5.74, 6) is 0. The molecule has 3 rings (SSSR count). The second-order valence-corrected chi connectivity index (χ2v) is 4.79. The Labute approximate surface area is 96.1 Å². The van der Waals surface area contributed by atoms with Gasteiger partial charge in [0.05, 0.1) is 0 Å². The van der Waals surface area contributed by atoms with E-state index in [9.17, 15) is 0 Å². The second kappa shape index (κ2) is 3.63.